The quantitative estimate of drug-likeness (QED) is 0.425. The van der Waals surface area contributed by atoms with Crippen LogP contribution in [0.1, 0.15) is 71.9 Å². The molecule has 0 heterocycles. The van der Waals surface area contributed by atoms with Crippen LogP contribution in [0.2, 0.25) is 0 Å². The Morgan fingerprint density at radius 1 is 1.00 bits per heavy atom. The van der Waals surface area contributed by atoms with Crippen LogP contribution in [-0.2, 0) is 27.5 Å². The minimum Gasteiger partial charge on any atom is -0.328 e. The Hall–Kier alpha value is -0.0917. The fourth-order valence-corrected chi connectivity index (χ4v) is 2.59. The van der Waals surface area contributed by atoms with Gasteiger partial charge in [0.1, 0.15) is 0 Å². The Morgan fingerprint density at radius 3 is 2.10 bits per heavy atom. The third-order valence-electron chi connectivity index (χ3n) is 3.70. The molecular weight excluding hydrogens is 423 g/mol. The van der Waals surface area contributed by atoms with Gasteiger partial charge >= 0.3 is 0 Å². The average molecular weight is 457 g/mol. The molecule has 0 amide bonds. The van der Waals surface area contributed by atoms with Gasteiger partial charge in [-0.1, -0.05) is 72.2 Å². The second-order valence-corrected chi connectivity index (χ2v) is 6.06. The van der Waals surface area contributed by atoms with Crippen LogP contribution < -0.4 is 0 Å². The molecule has 1 aromatic carbocycles. The largest absolute Gasteiger partial charge is 0.328 e. The molecule has 20 heavy (non-hydrogen) atoms. The number of benzene rings is 1. The van der Waals surface area contributed by atoms with E-state index in [1.165, 1.54) is 18.4 Å². The molecule has 120 valence electrons. The second kappa shape index (κ2) is 11.6. The molecule has 0 spiro atoms. The summed E-state index contributed by atoms with van der Waals surface area (Å²) in [4.78, 5) is 0. The van der Waals surface area contributed by atoms with Gasteiger partial charge in [-0.05, 0) is 29.4 Å². The van der Waals surface area contributed by atoms with E-state index in [-0.39, 0.29) is 28.5 Å². The summed E-state index contributed by atoms with van der Waals surface area (Å²) in [7, 11) is 0. The minimum atomic E-state index is 0. The van der Waals surface area contributed by atoms with Gasteiger partial charge in [0, 0.05) is 21.1 Å². The molecule has 0 aliphatic heterocycles. The summed E-state index contributed by atoms with van der Waals surface area (Å²) < 4.78 is 0. The van der Waals surface area contributed by atoms with Crippen molar-refractivity contribution in [2.75, 3.05) is 0 Å². The molecule has 1 unspecified atom stereocenters. The average Bonchev–Trinajstić information content (AvgIpc) is 2.34. The molecule has 0 aliphatic rings. The number of aryl methyl sites for hydroxylation is 1. The van der Waals surface area contributed by atoms with Crippen LogP contribution >= 0.6 is 0 Å². The van der Waals surface area contributed by atoms with Crippen molar-refractivity contribution in [2.45, 2.75) is 67.2 Å². The Bertz CT molecular complexity index is 341. The first-order valence-corrected chi connectivity index (χ1v) is 7.45. The first-order chi connectivity index (χ1) is 8.56. The maximum atomic E-state index is 2.49. The zero-order valence-electron chi connectivity index (χ0n) is 13.1. The van der Waals surface area contributed by atoms with Gasteiger partial charge in [-0.15, -0.1) is 0 Å². The molecule has 0 saturated heterocycles. The van der Waals surface area contributed by atoms with Gasteiger partial charge in [0.15, 0.2) is 0 Å². The molecule has 1 rings (SSSR count). The van der Waals surface area contributed by atoms with E-state index in [2.05, 4.69) is 65.3 Å². The van der Waals surface area contributed by atoms with Gasteiger partial charge in [0.05, 0.1) is 0 Å². The molecule has 0 N–H and O–H groups in total. The Labute approximate surface area is 142 Å². The van der Waals surface area contributed by atoms with Crippen LogP contribution in [-0.4, -0.2) is 0 Å². The van der Waals surface area contributed by atoms with Gasteiger partial charge in [-0.3, -0.25) is 0 Å². The standard InChI is InChI=1S/C18H29.CH4.Pt/c1-6-16-11-7-8-12-18(16)17(15(4)5)13-9-10-14(2)3;;/h7-9,11-12,14-15,17H,6,10,13H2,1-5H3;1H4;/q-1;;. The van der Waals surface area contributed by atoms with Gasteiger partial charge in [0.25, 0.3) is 0 Å². The summed E-state index contributed by atoms with van der Waals surface area (Å²) in [6.45, 7) is 11.5. The van der Waals surface area contributed by atoms with Crippen LogP contribution in [0.4, 0.5) is 0 Å². The van der Waals surface area contributed by atoms with Crippen molar-refractivity contribution in [3.05, 3.63) is 41.8 Å². The van der Waals surface area contributed by atoms with Crippen molar-refractivity contribution in [3.63, 3.8) is 0 Å². The van der Waals surface area contributed by atoms with Crippen molar-refractivity contribution in [1.82, 2.24) is 0 Å². The van der Waals surface area contributed by atoms with Crippen LogP contribution in [0.25, 0.3) is 0 Å². The Balaban J connectivity index is 0. The molecule has 0 fully saturated rings. The van der Waals surface area contributed by atoms with E-state index in [0.717, 1.165) is 12.3 Å². The molecule has 0 aliphatic carbocycles. The molecule has 0 radical (unpaired) electrons. The summed E-state index contributed by atoms with van der Waals surface area (Å²) in [6, 6.07) is 8.96. The monoisotopic (exact) mass is 456 g/mol. The van der Waals surface area contributed by atoms with Gasteiger partial charge in [-0.25, -0.2) is 0 Å². The predicted octanol–water partition coefficient (Wildman–Crippen LogP) is 6.26. The second-order valence-electron chi connectivity index (χ2n) is 6.06. The van der Waals surface area contributed by atoms with Crippen LogP contribution in [0.3, 0.4) is 0 Å². The van der Waals surface area contributed by atoms with E-state index in [9.17, 15) is 0 Å². The smallest absolute Gasteiger partial charge is 0 e. The molecule has 1 atom stereocenters. The van der Waals surface area contributed by atoms with E-state index < -0.39 is 0 Å². The van der Waals surface area contributed by atoms with Crippen molar-refractivity contribution in [1.29, 1.82) is 0 Å². The van der Waals surface area contributed by atoms with Crippen LogP contribution in [0, 0.1) is 18.3 Å². The fourth-order valence-electron chi connectivity index (χ4n) is 2.59. The zero-order chi connectivity index (χ0) is 13.5. The Kier molecular flexibility index (Phi) is 12.8. The van der Waals surface area contributed by atoms with E-state index in [4.69, 9.17) is 0 Å². The van der Waals surface area contributed by atoms with E-state index >= 15 is 0 Å². The zero-order valence-corrected chi connectivity index (χ0v) is 15.3. The van der Waals surface area contributed by atoms with E-state index in [1.54, 1.807) is 5.56 Å². The maximum Gasteiger partial charge on any atom is 0 e. The summed E-state index contributed by atoms with van der Waals surface area (Å²) in [6.07, 6.45) is 6.08. The summed E-state index contributed by atoms with van der Waals surface area (Å²) >= 11 is 0. The van der Waals surface area contributed by atoms with E-state index in [1.807, 2.05) is 0 Å². The van der Waals surface area contributed by atoms with Crippen molar-refractivity contribution < 1.29 is 21.1 Å². The molecule has 0 nitrogen and oxygen atoms in total. The molecule has 0 saturated carbocycles. The van der Waals surface area contributed by atoms with Crippen molar-refractivity contribution in [3.8, 4) is 0 Å². The molecule has 0 aromatic heterocycles. The maximum absolute atomic E-state index is 2.49. The summed E-state index contributed by atoms with van der Waals surface area (Å²) in [5, 5.41) is 0. The van der Waals surface area contributed by atoms with E-state index in [0.29, 0.717) is 11.8 Å². The minimum absolute atomic E-state index is 0. The van der Waals surface area contributed by atoms with Crippen molar-refractivity contribution in [2.24, 2.45) is 11.8 Å². The third kappa shape index (κ3) is 7.07. The Morgan fingerprint density at radius 2 is 1.60 bits per heavy atom. The first kappa shape index (κ1) is 22.2. The third-order valence-corrected chi connectivity index (χ3v) is 3.70. The number of hydrogen-bond acceptors (Lipinski definition) is 0. The SMILES string of the molecule is C.CCc1ccccc1C(C[CH-]CC(C)C)C(C)C.[Pt]. The fraction of sp³-hybridized carbons (Fsp3) is 0.632. The number of hydrogen-bond donors (Lipinski definition) is 0. The summed E-state index contributed by atoms with van der Waals surface area (Å²) in [5.74, 6) is 2.17. The molecule has 0 bridgehead atoms. The van der Waals surface area contributed by atoms with Gasteiger partial charge in [-0.2, -0.15) is 12.8 Å². The first-order valence-electron chi connectivity index (χ1n) is 7.45. The predicted molar refractivity (Wildman–Crippen MR) is 88.5 cm³/mol. The van der Waals surface area contributed by atoms with Crippen LogP contribution in [0.5, 0.6) is 0 Å². The molecule has 1 heteroatoms. The van der Waals surface area contributed by atoms with Crippen LogP contribution in [0.15, 0.2) is 24.3 Å². The van der Waals surface area contributed by atoms with Crippen molar-refractivity contribution >= 4 is 0 Å². The molecular formula is C19H33Pt-. The topological polar surface area (TPSA) is 0 Å². The summed E-state index contributed by atoms with van der Waals surface area (Å²) in [5.41, 5.74) is 3.09. The van der Waals surface area contributed by atoms with Gasteiger partial charge in [0.2, 0.25) is 0 Å². The normalized spacial score (nSPS) is 11.9. The number of rotatable bonds is 7. The molecule has 1 aromatic rings. The van der Waals surface area contributed by atoms with Gasteiger partial charge < -0.3 is 6.42 Å².